The van der Waals surface area contributed by atoms with Crippen LogP contribution in [0, 0.1) is 0 Å². The van der Waals surface area contributed by atoms with Crippen molar-refractivity contribution in [3.8, 4) is 5.75 Å². The van der Waals surface area contributed by atoms with Crippen LogP contribution in [0.4, 0.5) is 0 Å². The average Bonchev–Trinajstić information content (AvgIpc) is 2.26. The molecular formula is C11H17NOS. The van der Waals surface area contributed by atoms with Crippen LogP contribution in [0.15, 0.2) is 23.1 Å². The van der Waals surface area contributed by atoms with Crippen molar-refractivity contribution in [3.63, 3.8) is 0 Å². The molecule has 1 N–H and O–H groups in total. The topological polar surface area (TPSA) is 21.3 Å². The first kappa shape index (κ1) is 11.4. The monoisotopic (exact) mass is 211 g/mol. The lowest BCUT2D eigenvalue weighted by molar-refractivity contribution is 0.401. The number of methoxy groups -OCH3 is 1. The molecule has 0 saturated carbocycles. The molecule has 0 amide bonds. The number of thioether (sulfide) groups is 1. The Morgan fingerprint density at radius 3 is 2.64 bits per heavy atom. The van der Waals surface area contributed by atoms with Crippen molar-refractivity contribution in [2.75, 3.05) is 20.4 Å². The van der Waals surface area contributed by atoms with Crippen LogP contribution in [-0.2, 0) is 0 Å². The Kier molecular flexibility index (Phi) is 4.29. The van der Waals surface area contributed by atoms with E-state index in [9.17, 15) is 0 Å². The van der Waals surface area contributed by atoms with Gasteiger partial charge in [-0.3, -0.25) is 0 Å². The maximum absolute atomic E-state index is 5.36. The normalized spacial score (nSPS) is 12.6. The summed E-state index contributed by atoms with van der Waals surface area (Å²) >= 11 is 1.75. The van der Waals surface area contributed by atoms with Crippen molar-refractivity contribution in [1.29, 1.82) is 0 Å². The van der Waals surface area contributed by atoms with Crippen molar-refractivity contribution in [3.05, 3.63) is 23.8 Å². The molecule has 0 aliphatic carbocycles. The third-order valence-electron chi connectivity index (χ3n) is 2.33. The summed E-state index contributed by atoms with van der Waals surface area (Å²) in [5.74, 6) is 0.957. The van der Waals surface area contributed by atoms with Crippen LogP contribution in [0.3, 0.4) is 0 Å². The minimum atomic E-state index is 0.314. The molecule has 2 nitrogen and oxygen atoms in total. The largest absolute Gasteiger partial charge is 0.496 e. The summed E-state index contributed by atoms with van der Waals surface area (Å²) in [6, 6.07) is 6.46. The van der Waals surface area contributed by atoms with Crippen molar-refractivity contribution in [1.82, 2.24) is 5.32 Å². The highest BCUT2D eigenvalue weighted by Gasteiger charge is 2.13. The lowest BCUT2D eigenvalue weighted by atomic mass is 10.1. The molecule has 0 saturated heterocycles. The minimum absolute atomic E-state index is 0.314. The van der Waals surface area contributed by atoms with E-state index in [1.165, 1.54) is 10.5 Å². The van der Waals surface area contributed by atoms with Crippen LogP contribution in [0.5, 0.6) is 5.75 Å². The maximum atomic E-state index is 5.36. The zero-order valence-corrected chi connectivity index (χ0v) is 9.94. The van der Waals surface area contributed by atoms with Crippen LogP contribution < -0.4 is 10.1 Å². The fraction of sp³-hybridized carbons (Fsp3) is 0.455. The Bertz CT molecular complexity index is 279. The van der Waals surface area contributed by atoms with Crippen molar-refractivity contribution in [2.45, 2.75) is 17.9 Å². The molecule has 1 aromatic rings. The SMILES string of the molecule is CNC(C)c1c(OC)cccc1SC. The van der Waals surface area contributed by atoms with E-state index in [-0.39, 0.29) is 0 Å². The molecule has 0 aromatic heterocycles. The molecule has 78 valence electrons. The van der Waals surface area contributed by atoms with E-state index in [2.05, 4.69) is 24.6 Å². The molecule has 1 unspecified atom stereocenters. The Balaban J connectivity index is 3.18. The number of benzene rings is 1. The fourth-order valence-corrected chi connectivity index (χ4v) is 2.16. The van der Waals surface area contributed by atoms with Crippen molar-refractivity contribution < 1.29 is 4.74 Å². The van der Waals surface area contributed by atoms with Gasteiger partial charge in [0.15, 0.2) is 0 Å². The number of hydrogen-bond donors (Lipinski definition) is 1. The van der Waals surface area contributed by atoms with Crippen LogP contribution in [0.2, 0.25) is 0 Å². The molecule has 0 aliphatic rings. The highest BCUT2D eigenvalue weighted by Crippen LogP contribution is 2.33. The first-order chi connectivity index (χ1) is 6.74. The smallest absolute Gasteiger partial charge is 0.124 e. The molecule has 3 heteroatoms. The lowest BCUT2D eigenvalue weighted by Crippen LogP contribution is -2.14. The van der Waals surface area contributed by atoms with E-state index in [0.29, 0.717) is 6.04 Å². The molecule has 0 radical (unpaired) electrons. The Labute approximate surface area is 90.0 Å². The summed E-state index contributed by atoms with van der Waals surface area (Å²) in [4.78, 5) is 1.27. The first-order valence-electron chi connectivity index (χ1n) is 4.62. The van der Waals surface area contributed by atoms with Crippen LogP contribution in [-0.4, -0.2) is 20.4 Å². The fourth-order valence-electron chi connectivity index (χ4n) is 1.45. The molecule has 0 spiro atoms. The highest BCUT2D eigenvalue weighted by molar-refractivity contribution is 7.98. The lowest BCUT2D eigenvalue weighted by Gasteiger charge is -2.18. The molecular weight excluding hydrogens is 194 g/mol. The summed E-state index contributed by atoms with van der Waals surface area (Å²) in [5.41, 5.74) is 1.24. The van der Waals surface area contributed by atoms with Crippen LogP contribution >= 0.6 is 11.8 Å². The third-order valence-corrected chi connectivity index (χ3v) is 3.13. The number of rotatable bonds is 4. The first-order valence-corrected chi connectivity index (χ1v) is 5.85. The Morgan fingerprint density at radius 2 is 2.14 bits per heavy atom. The van der Waals surface area contributed by atoms with Gasteiger partial charge in [0.05, 0.1) is 7.11 Å². The molecule has 1 atom stereocenters. The summed E-state index contributed by atoms with van der Waals surface area (Å²) < 4.78 is 5.36. The van der Waals surface area contributed by atoms with E-state index in [0.717, 1.165) is 5.75 Å². The van der Waals surface area contributed by atoms with E-state index in [1.54, 1.807) is 18.9 Å². The van der Waals surface area contributed by atoms with E-state index < -0.39 is 0 Å². The van der Waals surface area contributed by atoms with E-state index >= 15 is 0 Å². The zero-order valence-electron chi connectivity index (χ0n) is 9.13. The van der Waals surface area contributed by atoms with E-state index in [1.807, 2.05) is 19.2 Å². The number of nitrogens with one attached hydrogen (secondary N) is 1. The summed E-state index contributed by atoms with van der Waals surface area (Å²) in [6.45, 7) is 2.14. The second kappa shape index (κ2) is 5.27. The molecule has 1 rings (SSSR count). The predicted molar refractivity (Wildman–Crippen MR) is 62.2 cm³/mol. The van der Waals surface area contributed by atoms with Gasteiger partial charge in [0.25, 0.3) is 0 Å². The summed E-state index contributed by atoms with van der Waals surface area (Å²) in [5, 5.41) is 3.24. The highest BCUT2D eigenvalue weighted by atomic mass is 32.2. The van der Waals surface area contributed by atoms with Gasteiger partial charge in [-0.1, -0.05) is 6.07 Å². The quantitative estimate of drug-likeness (QED) is 0.774. The second-order valence-corrected chi connectivity index (χ2v) is 3.93. The molecule has 0 bridgehead atoms. The number of ether oxygens (including phenoxy) is 1. The van der Waals surface area contributed by atoms with Crippen LogP contribution in [0.1, 0.15) is 18.5 Å². The minimum Gasteiger partial charge on any atom is -0.496 e. The summed E-state index contributed by atoms with van der Waals surface area (Å²) in [6.07, 6.45) is 2.08. The van der Waals surface area contributed by atoms with Gasteiger partial charge in [-0.15, -0.1) is 11.8 Å². The second-order valence-electron chi connectivity index (χ2n) is 3.09. The molecule has 1 aromatic carbocycles. The van der Waals surface area contributed by atoms with Gasteiger partial charge in [0, 0.05) is 16.5 Å². The van der Waals surface area contributed by atoms with Crippen molar-refractivity contribution in [2.24, 2.45) is 0 Å². The zero-order chi connectivity index (χ0) is 10.6. The average molecular weight is 211 g/mol. The van der Waals surface area contributed by atoms with Gasteiger partial charge in [0.1, 0.15) is 5.75 Å². The molecule has 0 fully saturated rings. The van der Waals surface area contributed by atoms with Gasteiger partial charge in [-0.05, 0) is 32.4 Å². The van der Waals surface area contributed by atoms with Crippen LogP contribution in [0.25, 0.3) is 0 Å². The molecule has 0 aliphatic heterocycles. The van der Waals surface area contributed by atoms with Gasteiger partial charge in [-0.2, -0.15) is 0 Å². The summed E-state index contributed by atoms with van der Waals surface area (Å²) in [7, 11) is 3.67. The van der Waals surface area contributed by atoms with Gasteiger partial charge >= 0.3 is 0 Å². The van der Waals surface area contributed by atoms with Gasteiger partial charge in [0.2, 0.25) is 0 Å². The Hall–Kier alpha value is -0.670. The maximum Gasteiger partial charge on any atom is 0.124 e. The molecule has 0 heterocycles. The number of hydrogen-bond acceptors (Lipinski definition) is 3. The Morgan fingerprint density at radius 1 is 1.43 bits per heavy atom. The van der Waals surface area contributed by atoms with E-state index in [4.69, 9.17) is 4.74 Å². The standard InChI is InChI=1S/C11H17NOS/c1-8(12-2)11-9(13-3)6-5-7-10(11)14-4/h5-8,12H,1-4H3. The van der Waals surface area contributed by atoms with Gasteiger partial charge in [-0.25, -0.2) is 0 Å². The predicted octanol–water partition coefficient (Wildman–Crippen LogP) is 2.70. The third kappa shape index (κ3) is 2.22. The van der Waals surface area contributed by atoms with Gasteiger partial charge < -0.3 is 10.1 Å². The molecule has 14 heavy (non-hydrogen) atoms. The van der Waals surface area contributed by atoms with Crippen molar-refractivity contribution >= 4 is 11.8 Å².